The Morgan fingerprint density at radius 2 is 2.07 bits per heavy atom. The molecule has 2 aromatic rings. The van der Waals surface area contributed by atoms with Crippen LogP contribution in [-0.2, 0) is 4.74 Å². The number of carbonyl (C=O) groups is 1. The first-order valence-electron chi connectivity index (χ1n) is 9.27. The molecule has 0 radical (unpaired) electrons. The molecule has 1 aromatic carbocycles. The predicted molar refractivity (Wildman–Crippen MR) is 104 cm³/mol. The third-order valence-corrected chi connectivity index (χ3v) is 4.57. The highest BCUT2D eigenvalue weighted by Crippen LogP contribution is 2.21. The molecular weight excluding hydrogens is 344 g/mol. The van der Waals surface area contributed by atoms with Gasteiger partial charge in [0.15, 0.2) is 5.82 Å². The standard InChI is InChI=1S/C19H26N6O2/c1-4-27-19(26)25-9-7-15(8-10-25)21-17-12-20-24-18(23-17)22-16-11-13(2)5-6-14(16)3/h5-6,11-12,15H,4,7-10H2,1-3H3,(H2,21,22,23,24). The summed E-state index contributed by atoms with van der Waals surface area (Å²) in [5.74, 6) is 1.13. The van der Waals surface area contributed by atoms with Gasteiger partial charge in [-0.05, 0) is 50.8 Å². The molecule has 1 saturated heterocycles. The van der Waals surface area contributed by atoms with E-state index in [4.69, 9.17) is 4.74 Å². The Bertz CT molecular complexity index is 790. The topological polar surface area (TPSA) is 92.3 Å². The average Bonchev–Trinajstić information content (AvgIpc) is 2.66. The van der Waals surface area contributed by atoms with Gasteiger partial charge in [0.05, 0.1) is 12.8 Å². The van der Waals surface area contributed by atoms with Gasteiger partial charge in [-0.15, -0.1) is 5.10 Å². The number of piperidine rings is 1. The molecule has 27 heavy (non-hydrogen) atoms. The fourth-order valence-corrected chi connectivity index (χ4v) is 3.05. The summed E-state index contributed by atoms with van der Waals surface area (Å²) in [5.41, 5.74) is 3.25. The van der Waals surface area contributed by atoms with E-state index in [9.17, 15) is 4.79 Å². The fraction of sp³-hybridized carbons (Fsp3) is 0.474. The smallest absolute Gasteiger partial charge is 0.409 e. The number of rotatable bonds is 5. The molecule has 3 rings (SSSR count). The lowest BCUT2D eigenvalue weighted by molar-refractivity contribution is 0.0983. The van der Waals surface area contributed by atoms with Gasteiger partial charge in [0, 0.05) is 24.8 Å². The van der Waals surface area contributed by atoms with Crippen LogP contribution in [-0.4, -0.2) is 51.9 Å². The van der Waals surface area contributed by atoms with Gasteiger partial charge in [-0.2, -0.15) is 10.1 Å². The second-order valence-corrected chi connectivity index (χ2v) is 6.71. The zero-order valence-electron chi connectivity index (χ0n) is 16.0. The van der Waals surface area contributed by atoms with Crippen LogP contribution in [0.15, 0.2) is 24.4 Å². The summed E-state index contributed by atoms with van der Waals surface area (Å²) in [6.07, 6.45) is 3.05. The highest BCUT2D eigenvalue weighted by Gasteiger charge is 2.23. The van der Waals surface area contributed by atoms with Crippen LogP contribution >= 0.6 is 0 Å². The molecule has 0 bridgehead atoms. The van der Waals surface area contributed by atoms with Crippen molar-refractivity contribution in [2.75, 3.05) is 30.3 Å². The van der Waals surface area contributed by atoms with Crippen LogP contribution in [0.3, 0.4) is 0 Å². The Kier molecular flexibility index (Phi) is 6.05. The number of hydrogen-bond acceptors (Lipinski definition) is 7. The molecule has 1 aliphatic heterocycles. The van der Waals surface area contributed by atoms with Gasteiger partial charge in [0.1, 0.15) is 0 Å². The monoisotopic (exact) mass is 370 g/mol. The van der Waals surface area contributed by atoms with Crippen LogP contribution in [0, 0.1) is 13.8 Å². The zero-order chi connectivity index (χ0) is 19.2. The number of likely N-dealkylation sites (tertiary alicyclic amines) is 1. The van der Waals surface area contributed by atoms with Crippen molar-refractivity contribution in [3.05, 3.63) is 35.5 Å². The fourth-order valence-electron chi connectivity index (χ4n) is 3.05. The van der Waals surface area contributed by atoms with Crippen molar-refractivity contribution in [3.8, 4) is 0 Å². The van der Waals surface area contributed by atoms with Crippen molar-refractivity contribution in [3.63, 3.8) is 0 Å². The average molecular weight is 370 g/mol. The Labute approximate surface area is 159 Å². The van der Waals surface area contributed by atoms with Crippen molar-refractivity contribution >= 4 is 23.5 Å². The van der Waals surface area contributed by atoms with Crippen LogP contribution in [0.4, 0.5) is 22.2 Å². The van der Waals surface area contributed by atoms with Crippen molar-refractivity contribution < 1.29 is 9.53 Å². The summed E-state index contributed by atoms with van der Waals surface area (Å²) in [5, 5.41) is 14.7. The van der Waals surface area contributed by atoms with Gasteiger partial charge in [0.2, 0.25) is 5.95 Å². The molecule has 0 unspecified atom stereocenters. The SMILES string of the molecule is CCOC(=O)N1CCC(Nc2cnnc(Nc3cc(C)ccc3C)n2)CC1. The minimum atomic E-state index is -0.236. The number of nitrogens with one attached hydrogen (secondary N) is 2. The minimum Gasteiger partial charge on any atom is -0.450 e. The Morgan fingerprint density at radius 3 is 2.81 bits per heavy atom. The quantitative estimate of drug-likeness (QED) is 0.834. The summed E-state index contributed by atoms with van der Waals surface area (Å²) >= 11 is 0. The molecule has 0 spiro atoms. The van der Waals surface area contributed by atoms with Crippen LogP contribution in [0.25, 0.3) is 0 Å². The molecule has 0 saturated carbocycles. The highest BCUT2D eigenvalue weighted by atomic mass is 16.6. The van der Waals surface area contributed by atoms with E-state index in [0.29, 0.717) is 31.5 Å². The summed E-state index contributed by atoms with van der Waals surface area (Å²) < 4.78 is 5.05. The molecule has 2 heterocycles. The minimum absolute atomic E-state index is 0.236. The lowest BCUT2D eigenvalue weighted by Gasteiger charge is -2.31. The highest BCUT2D eigenvalue weighted by molar-refractivity contribution is 5.67. The van der Waals surface area contributed by atoms with E-state index in [1.807, 2.05) is 20.8 Å². The number of carbonyl (C=O) groups excluding carboxylic acids is 1. The molecule has 0 aliphatic carbocycles. The number of nitrogens with zero attached hydrogens (tertiary/aromatic N) is 4. The molecule has 8 heteroatoms. The van der Waals surface area contributed by atoms with Gasteiger partial charge < -0.3 is 20.3 Å². The summed E-state index contributed by atoms with van der Waals surface area (Å²) in [6.45, 7) is 7.64. The van der Waals surface area contributed by atoms with Gasteiger partial charge in [0.25, 0.3) is 0 Å². The Hall–Kier alpha value is -2.90. The third kappa shape index (κ3) is 5.06. The van der Waals surface area contributed by atoms with Crippen molar-refractivity contribution in [2.24, 2.45) is 0 Å². The second-order valence-electron chi connectivity index (χ2n) is 6.71. The lowest BCUT2D eigenvalue weighted by atomic mass is 10.1. The largest absolute Gasteiger partial charge is 0.450 e. The number of anilines is 3. The first kappa shape index (κ1) is 18.9. The van der Waals surface area contributed by atoms with Crippen LogP contribution in [0.2, 0.25) is 0 Å². The second kappa shape index (κ2) is 8.66. The van der Waals surface area contributed by atoms with Gasteiger partial charge in [-0.1, -0.05) is 12.1 Å². The van der Waals surface area contributed by atoms with Crippen molar-refractivity contribution in [1.29, 1.82) is 0 Å². The summed E-state index contributed by atoms with van der Waals surface area (Å²) in [6, 6.07) is 6.43. The Morgan fingerprint density at radius 1 is 1.30 bits per heavy atom. The van der Waals surface area contributed by atoms with Crippen LogP contribution in [0.1, 0.15) is 30.9 Å². The molecule has 2 N–H and O–H groups in total. The maximum atomic E-state index is 11.8. The lowest BCUT2D eigenvalue weighted by Crippen LogP contribution is -2.42. The number of ether oxygens (including phenoxy) is 1. The molecule has 8 nitrogen and oxygen atoms in total. The molecule has 1 fully saturated rings. The number of benzene rings is 1. The molecule has 144 valence electrons. The van der Waals surface area contributed by atoms with Gasteiger partial charge in [-0.25, -0.2) is 4.79 Å². The van der Waals surface area contributed by atoms with Gasteiger partial charge >= 0.3 is 6.09 Å². The van der Waals surface area contributed by atoms with Crippen molar-refractivity contribution in [2.45, 2.75) is 39.7 Å². The number of aryl methyl sites for hydroxylation is 2. The zero-order valence-corrected chi connectivity index (χ0v) is 16.0. The predicted octanol–water partition coefficient (Wildman–Crippen LogP) is 3.26. The van der Waals surface area contributed by atoms with Crippen LogP contribution < -0.4 is 10.6 Å². The van der Waals surface area contributed by atoms with Gasteiger partial charge in [-0.3, -0.25) is 0 Å². The first-order valence-corrected chi connectivity index (χ1v) is 9.27. The van der Waals surface area contributed by atoms with E-state index in [0.717, 1.165) is 24.1 Å². The molecule has 1 amide bonds. The number of hydrogen-bond donors (Lipinski definition) is 2. The number of aromatic nitrogens is 3. The third-order valence-electron chi connectivity index (χ3n) is 4.57. The maximum Gasteiger partial charge on any atom is 0.409 e. The maximum absolute atomic E-state index is 11.8. The summed E-state index contributed by atoms with van der Waals surface area (Å²) in [4.78, 5) is 18.0. The number of amides is 1. The molecular formula is C19H26N6O2. The van der Waals surface area contributed by atoms with Crippen molar-refractivity contribution in [1.82, 2.24) is 20.1 Å². The van der Waals surface area contributed by atoms with E-state index in [-0.39, 0.29) is 12.1 Å². The molecule has 0 atom stereocenters. The van der Waals surface area contributed by atoms with E-state index in [1.54, 1.807) is 11.1 Å². The molecule has 1 aliphatic rings. The van der Waals surface area contributed by atoms with E-state index < -0.39 is 0 Å². The first-order chi connectivity index (χ1) is 13.0. The van der Waals surface area contributed by atoms with Crippen LogP contribution in [0.5, 0.6) is 0 Å². The van der Waals surface area contributed by atoms with E-state index in [2.05, 4.69) is 44.0 Å². The Balaban J connectivity index is 1.58. The van der Waals surface area contributed by atoms with E-state index in [1.165, 1.54) is 5.56 Å². The van der Waals surface area contributed by atoms with E-state index >= 15 is 0 Å². The normalized spacial score (nSPS) is 14.7. The molecule has 1 aromatic heterocycles. The summed E-state index contributed by atoms with van der Waals surface area (Å²) in [7, 11) is 0.